The summed E-state index contributed by atoms with van der Waals surface area (Å²) in [6.07, 6.45) is 3.14. The number of hydrogen-bond donors (Lipinski definition) is 2. The number of amides is 1. The average Bonchev–Trinajstić information content (AvgIpc) is 3.25. The number of aliphatic imine (C=N–C) groups is 1. The van der Waals surface area contributed by atoms with E-state index in [1.54, 1.807) is 0 Å². The molecule has 1 amide bonds. The molecule has 140 valence electrons. The van der Waals surface area contributed by atoms with Crippen LogP contribution in [0.2, 0.25) is 0 Å². The Balaban J connectivity index is 2.44. The van der Waals surface area contributed by atoms with E-state index in [9.17, 15) is 4.79 Å². The third-order valence-corrected chi connectivity index (χ3v) is 4.10. The number of guanidine groups is 1. The normalized spacial score (nSPS) is 16.8. The van der Waals surface area contributed by atoms with Crippen LogP contribution >= 0.6 is 0 Å². The molecule has 1 rings (SSSR count). The van der Waals surface area contributed by atoms with Crippen molar-refractivity contribution in [2.45, 2.75) is 65.5 Å². The van der Waals surface area contributed by atoms with Gasteiger partial charge in [-0.15, -0.1) is 0 Å². The first-order valence-electron chi connectivity index (χ1n) is 9.03. The second kappa shape index (κ2) is 9.14. The Bertz CT molecular complexity index is 425. The smallest absolute Gasteiger partial charge is 0.407 e. The number of nitrogens with zero attached hydrogens (tertiary/aromatic N) is 2. The van der Waals surface area contributed by atoms with E-state index in [4.69, 9.17) is 4.74 Å². The molecular formula is C18H36N4O2. The molecule has 1 aliphatic rings. The Morgan fingerprint density at radius 2 is 1.96 bits per heavy atom. The van der Waals surface area contributed by atoms with Gasteiger partial charge in [0.2, 0.25) is 0 Å². The van der Waals surface area contributed by atoms with E-state index in [0.717, 1.165) is 31.4 Å². The Morgan fingerprint density at radius 1 is 1.33 bits per heavy atom. The summed E-state index contributed by atoms with van der Waals surface area (Å²) in [6.45, 7) is 11.7. The van der Waals surface area contributed by atoms with Crippen LogP contribution in [0.25, 0.3) is 0 Å². The van der Waals surface area contributed by atoms with E-state index in [1.165, 1.54) is 12.8 Å². The molecule has 6 nitrogen and oxygen atoms in total. The Kier molecular flexibility index (Phi) is 7.84. The summed E-state index contributed by atoms with van der Waals surface area (Å²) in [7, 11) is 3.84. The van der Waals surface area contributed by atoms with Crippen molar-refractivity contribution in [1.82, 2.24) is 15.5 Å². The number of carbonyl (C=O) groups is 1. The zero-order valence-electron chi connectivity index (χ0n) is 16.5. The summed E-state index contributed by atoms with van der Waals surface area (Å²) in [6, 6.07) is 0.0730. The molecule has 0 bridgehead atoms. The number of rotatable bonds is 7. The first-order valence-corrected chi connectivity index (χ1v) is 9.03. The van der Waals surface area contributed by atoms with Gasteiger partial charge in [-0.25, -0.2) is 4.79 Å². The molecule has 24 heavy (non-hydrogen) atoms. The summed E-state index contributed by atoms with van der Waals surface area (Å²) in [5.74, 6) is 2.07. The van der Waals surface area contributed by atoms with E-state index >= 15 is 0 Å². The Morgan fingerprint density at radius 3 is 2.42 bits per heavy atom. The molecule has 1 unspecified atom stereocenters. The highest BCUT2D eigenvalue weighted by Crippen LogP contribution is 2.27. The van der Waals surface area contributed by atoms with E-state index in [-0.39, 0.29) is 12.1 Å². The number of hydrogen-bond acceptors (Lipinski definition) is 3. The number of alkyl carbamates (subject to hydrolysis) is 1. The lowest BCUT2D eigenvalue weighted by atomic mass is 10.0. The lowest BCUT2D eigenvalue weighted by Crippen LogP contribution is -2.45. The van der Waals surface area contributed by atoms with Gasteiger partial charge < -0.3 is 20.3 Å². The predicted molar refractivity (Wildman–Crippen MR) is 99.3 cm³/mol. The SMILES string of the molecule is CN=C(NCC1CC1)N(C)CCC(NC(=O)OC(C)(C)C)C(C)C. The van der Waals surface area contributed by atoms with E-state index in [2.05, 4.69) is 34.4 Å². The van der Waals surface area contributed by atoms with Gasteiger partial charge in [0.05, 0.1) is 0 Å². The topological polar surface area (TPSA) is 66.0 Å². The highest BCUT2D eigenvalue weighted by Gasteiger charge is 2.23. The molecule has 0 saturated heterocycles. The van der Waals surface area contributed by atoms with E-state index < -0.39 is 5.60 Å². The zero-order chi connectivity index (χ0) is 18.3. The second-order valence-corrected chi connectivity index (χ2v) is 8.08. The fourth-order valence-electron chi connectivity index (χ4n) is 2.41. The van der Waals surface area contributed by atoms with Crippen LogP contribution in [0, 0.1) is 11.8 Å². The molecule has 0 radical (unpaired) electrons. The van der Waals surface area contributed by atoms with Crippen molar-refractivity contribution < 1.29 is 9.53 Å². The average molecular weight is 341 g/mol. The summed E-state index contributed by atoms with van der Waals surface area (Å²) >= 11 is 0. The minimum absolute atomic E-state index is 0.0730. The quantitative estimate of drug-likeness (QED) is 0.552. The van der Waals surface area contributed by atoms with Gasteiger partial charge in [0.25, 0.3) is 0 Å². The highest BCUT2D eigenvalue weighted by molar-refractivity contribution is 5.79. The molecule has 0 aromatic rings. The van der Waals surface area contributed by atoms with Crippen molar-refractivity contribution in [1.29, 1.82) is 0 Å². The number of ether oxygens (including phenoxy) is 1. The maximum Gasteiger partial charge on any atom is 0.407 e. The molecule has 1 atom stereocenters. The fourth-order valence-corrected chi connectivity index (χ4v) is 2.41. The molecule has 1 saturated carbocycles. The molecule has 0 aromatic carbocycles. The van der Waals surface area contributed by atoms with Gasteiger partial charge in [-0.1, -0.05) is 13.8 Å². The lowest BCUT2D eigenvalue weighted by Gasteiger charge is -2.28. The largest absolute Gasteiger partial charge is 0.444 e. The van der Waals surface area contributed by atoms with Crippen molar-refractivity contribution in [3.8, 4) is 0 Å². The Hall–Kier alpha value is -1.46. The van der Waals surface area contributed by atoms with E-state index in [0.29, 0.717) is 5.92 Å². The molecule has 0 aliphatic heterocycles. The van der Waals surface area contributed by atoms with E-state index in [1.807, 2.05) is 34.9 Å². The van der Waals surface area contributed by atoms with Gasteiger partial charge in [0, 0.05) is 33.2 Å². The molecule has 0 aromatic heterocycles. The van der Waals surface area contributed by atoms with Crippen molar-refractivity contribution in [3.63, 3.8) is 0 Å². The Labute approximate surface area is 147 Å². The van der Waals surface area contributed by atoms with Crippen LogP contribution in [0.3, 0.4) is 0 Å². The van der Waals surface area contributed by atoms with Gasteiger partial charge in [-0.2, -0.15) is 0 Å². The standard InChI is InChI=1S/C18H36N4O2/c1-13(2)15(21-17(23)24-18(3,4)5)10-11-22(7)16(19-6)20-12-14-8-9-14/h13-15H,8-12H2,1-7H3,(H,19,20)(H,21,23). The van der Waals surface area contributed by atoms with Crippen LogP contribution in [-0.4, -0.2) is 55.8 Å². The molecule has 2 N–H and O–H groups in total. The second-order valence-electron chi connectivity index (χ2n) is 8.08. The van der Waals surface area contributed by atoms with Gasteiger partial charge in [-0.05, 0) is 51.9 Å². The number of nitrogens with one attached hydrogen (secondary N) is 2. The maximum absolute atomic E-state index is 12.0. The van der Waals surface area contributed by atoms with Crippen molar-refractivity contribution in [2.75, 3.05) is 27.2 Å². The van der Waals surface area contributed by atoms with Gasteiger partial charge in [-0.3, -0.25) is 4.99 Å². The van der Waals surface area contributed by atoms with Crippen molar-refractivity contribution in [3.05, 3.63) is 0 Å². The molecule has 1 aliphatic carbocycles. The summed E-state index contributed by atoms with van der Waals surface area (Å²) in [4.78, 5) is 18.5. The van der Waals surface area contributed by atoms with Crippen LogP contribution in [0.15, 0.2) is 4.99 Å². The van der Waals surface area contributed by atoms with Crippen molar-refractivity contribution >= 4 is 12.1 Å². The third-order valence-electron chi connectivity index (χ3n) is 4.10. The zero-order valence-corrected chi connectivity index (χ0v) is 16.5. The summed E-state index contributed by atoms with van der Waals surface area (Å²) < 4.78 is 5.37. The van der Waals surface area contributed by atoms with Crippen molar-refractivity contribution in [2.24, 2.45) is 16.8 Å². The minimum atomic E-state index is -0.475. The van der Waals surface area contributed by atoms with Gasteiger partial charge in [0.15, 0.2) is 5.96 Å². The molecule has 6 heteroatoms. The first-order chi connectivity index (χ1) is 11.1. The van der Waals surface area contributed by atoms with Crippen LogP contribution in [-0.2, 0) is 4.74 Å². The van der Waals surface area contributed by atoms with Crippen LogP contribution < -0.4 is 10.6 Å². The summed E-state index contributed by atoms with van der Waals surface area (Å²) in [5.41, 5.74) is -0.475. The molecule has 1 fully saturated rings. The highest BCUT2D eigenvalue weighted by atomic mass is 16.6. The maximum atomic E-state index is 12.0. The molecule has 0 heterocycles. The fraction of sp³-hybridized carbons (Fsp3) is 0.889. The van der Waals surface area contributed by atoms with Crippen LogP contribution in [0.1, 0.15) is 53.9 Å². The predicted octanol–water partition coefficient (Wildman–Crippen LogP) is 2.84. The minimum Gasteiger partial charge on any atom is -0.444 e. The monoisotopic (exact) mass is 340 g/mol. The third kappa shape index (κ3) is 8.41. The van der Waals surface area contributed by atoms with Crippen LogP contribution in [0.4, 0.5) is 4.79 Å². The number of carbonyl (C=O) groups excluding carboxylic acids is 1. The summed E-state index contributed by atoms with van der Waals surface area (Å²) in [5, 5.41) is 6.42. The van der Waals surface area contributed by atoms with Crippen LogP contribution in [0.5, 0.6) is 0 Å². The lowest BCUT2D eigenvalue weighted by molar-refractivity contribution is 0.0486. The van der Waals surface area contributed by atoms with Gasteiger partial charge in [0.1, 0.15) is 5.60 Å². The molecule has 0 spiro atoms. The first kappa shape index (κ1) is 20.6. The van der Waals surface area contributed by atoms with Gasteiger partial charge >= 0.3 is 6.09 Å². The molecular weight excluding hydrogens is 304 g/mol.